The van der Waals surface area contributed by atoms with Crippen LogP contribution in [0.15, 0.2) is 66.7 Å². The van der Waals surface area contributed by atoms with E-state index < -0.39 is 0 Å². The minimum Gasteiger partial charge on any atom is -0.367 e. The van der Waals surface area contributed by atoms with Crippen molar-refractivity contribution < 1.29 is 4.79 Å². The smallest absolute Gasteiger partial charge is 0.251 e. The normalized spacial score (nSPS) is 14.2. The fraction of sp³-hybridized carbons (Fsp3) is 0.296. The number of aryl methyl sites for hydroxylation is 3. The van der Waals surface area contributed by atoms with Gasteiger partial charge in [0.2, 0.25) is 0 Å². The van der Waals surface area contributed by atoms with E-state index in [-0.39, 0.29) is 11.9 Å². The number of carbonyl (C=O) groups is 1. The molecule has 0 saturated heterocycles. The van der Waals surface area contributed by atoms with Crippen LogP contribution < -0.4 is 10.2 Å². The van der Waals surface area contributed by atoms with Crippen LogP contribution in [0.4, 0.5) is 5.69 Å². The third kappa shape index (κ3) is 4.40. The van der Waals surface area contributed by atoms with Gasteiger partial charge in [-0.3, -0.25) is 4.79 Å². The van der Waals surface area contributed by atoms with Crippen molar-refractivity contribution >= 4 is 11.6 Å². The maximum absolute atomic E-state index is 12.8. The Bertz CT molecular complexity index is 1040. The number of carbonyl (C=O) groups excluding carboxylic acids is 1. The Morgan fingerprint density at radius 3 is 2.60 bits per heavy atom. The summed E-state index contributed by atoms with van der Waals surface area (Å²) < 4.78 is 0. The Morgan fingerprint density at radius 2 is 1.80 bits per heavy atom. The Balaban J connectivity index is 1.42. The van der Waals surface area contributed by atoms with Crippen molar-refractivity contribution in [1.82, 2.24) is 5.32 Å². The van der Waals surface area contributed by atoms with E-state index in [1.165, 1.54) is 39.9 Å². The number of amides is 1. The second kappa shape index (κ2) is 8.74. The molecule has 3 nitrogen and oxygen atoms in total. The lowest BCUT2D eigenvalue weighted by Gasteiger charge is -2.31. The Morgan fingerprint density at radius 1 is 1.03 bits per heavy atom. The van der Waals surface area contributed by atoms with Crippen LogP contribution in [0.3, 0.4) is 0 Å². The number of para-hydroxylation sites is 1. The van der Waals surface area contributed by atoms with Crippen molar-refractivity contribution in [3.8, 4) is 0 Å². The van der Waals surface area contributed by atoms with Gasteiger partial charge in [-0.2, -0.15) is 0 Å². The van der Waals surface area contributed by atoms with Crippen molar-refractivity contribution in [2.24, 2.45) is 0 Å². The minimum atomic E-state index is -0.0294. The average Bonchev–Trinajstić information content (AvgIpc) is 2.76. The second-order valence-corrected chi connectivity index (χ2v) is 8.41. The molecule has 3 aromatic carbocycles. The van der Waals surface area contributed by atoms with Crippen LogP contribution >= 0.6 is 0 Å². The van der Waals surface area contributed by atoms with Crippen molar-refractivity contribution in [3.05, 3.63) is 100 Å². The summed E-state index contributed by atoms with van der Waals surface area (Å²) in [5, 5.41) is 3.15. The highest BCUT2D eigenvalue weighted by atomic mass is 16.1. The number of nitrogens with one attached hydrogen (secondary N) is 1. The summed E-state index contributed by atoms with van der Waals surface area (Å²) in [4.78, 5) is 15.2. The Kier molecular flexibility index (Phi) is 5.89. The van der Waals surface area contributed by atoms with Crippen LogP contribution in [0, 0.1) is 13.8 Å². The molecule has 1 heterocycles. The first-order chi connectivity index (χ1) is 14.5. The molecule has 3 heteroatoms. The predicted octanol–water partition coefficient (Wildman–Crippen LogP) is 5.75. The third-order valence-corrected chi connectivity index (χ3v) is 6.04. The van der Waals surface area contributed by atoms with E-state index in [0.29, 0.717) is 5.56 Å². The van der Waals surface area contributed by atoms with Gasteiger partial charge in [0.05, 0.1) is 6.04 Å². The molecule has 30 heavy (non-hydrogen) atoms. The van der Waals surface area contributed by atoms with E-state index in [9.17, 15) is 4.79 Å². The van der Waals surface area contributed by atoms with Gasteiger partial charge in [-0.25, -0.2) is 0 Å². The highest BCUT2D eigenvalue weighted by Crippen LogP contribution is 2.28. The van der Waals surface area contributed by atoms with Gasteiger partial charge in [0.15, 0.2) is 0 Å². The Hall–Kier alpha value is -3.07. The van der Waals surface area contributed by atoms with Gasteiger partial charge < -0.3 is 10.2 Å². The zero-order valence-corrected chi connectivity index (χ0v) is 18.1. The second-order valence-electron chi connectivity index (χ2n) is 8.41. The zero-order chi connectivity index (χ0) is 21.1. The van der Waals surface area contributed by atoms with Crippen LogP contribution in [0.25, 0.3) is 0 Å². The molecule has 1 aliphatic heterocycles. The molecule has 1 N–H and O–H groups in total. The first-order valence-corrected chi connectivity index (χ1v) is 10.8. The first-order valence-electron chi connectivity index (χ1n) is 10.8. The van der Waals surface area contributed by atoms with E-state index in [2.05, 4.69) is 78.7 Å². The predicted molar refractivity (Wildman–Crippen MR) is 124 cm³/mol. The van der Waals surface area contributed by atoms with Gasteiger partial charge >= 0.3 is 0 Å². The SMILES string of the molecule is Cc1ccc(C)c(C(C)NC(=O)c2ccc(CN3CCCc4ccccc43)cc2)c1. The van der Waals surface area contributed by atoms with E-state index in [0.717, 1.165) is 19.5 Å². The number of hydrogen-bond acceptors (Lipinski definition) is 2. The highest BCUT2D eigenvalue weighted by molar-refractivity contribution is 5.94. The molecule has 0 bridgehead atoms. The molecule has 1 atom stereocenters. The van der Waals surface area contributed by atoms with Gasteiger partial charge in [0, 0.05) is 24.3 Å². The molecule has 0 aromatic heterocycles. The van der Waals surface area contributed by atoms with E-state index in [4.69, 9.17) is 0 Å². The summed E-state index contributed by atoms with van der Waals surface area (Å²) >= 11 is 0. The van der Waals surface area contributed by atoms with Gasteiger partial charge in [0.1, 0.15) is 0 Å². The summed E-state index contributed by atoms with van der Waals surface area (Å²) in [5.74, 6) is -0.0294. The van der Waals surface area contributed by atoms with Crippen molar-refractivity contribution in [3.63, 3.8) is 0 Å². The summed E-state index contributed by atoms with van der Waals surface area (Å²) in [6, 6.07) is 23.1. The molecule has 1 unspecified atom stereocenters. The van der Waals surface area contributed by atoms with Crippen LogP contribution in [0.1, 0.15) is 57.6 Å². The van der Waals surface area contributed by atoms with Gasteiger partial charge in [-0.1, -0.05) is 54.1 Å². The number of nitrogens with zero attached hydrogens (tertiary/aromatic N) is 1. The number of hydrogen-bond donors (Lipinski definition) is 1. The van der Waals surface area contributed by atoms with Crippen LogP contribution in [0.2, 0.25) is 0 Å². The molecular formula is C27H30N2O. The number of benzene rings is 3. The van der Waals surface area contributed by atoms with Crippen LogP contribution in [-0.4, -0.2) is 12.5 Å². The molecule has 154 valence electrons. The molecule has 0 spiro atoms. The standard InChI is InChI=1S/C27H30N2O/c1-19-10-11-20(2)25(17-19)21(3)28-27(30)24-14-12-22(13-15-24)18-29-16-6-8-23-7-4-5-9-26(23)29/h4-5,7,9-15,17,21H,6,8,16,18H2,1-3H3,(H,28,30). The lowest BCUT2D eigenvalue weighted by Crippen LogP contribution is -2.29. The van der Waals surface area contributed by atoms with Gasteiger partial charge in [-0.05, 0) is 74.1 Å². The van der Waals surface area contributed by atoms with Crippen LogP contribution in [0.5, 0.6) is 0 Å². The molecule has 4 rings (SSSR count). The molecule has 0 radical (unpaired) electrons. The van der Waals surface area contributed by atoms with E-state index in [1.807, 2.05) is 19.1 Å². The van der Waals surface area contributed by atoms with Gasteiger partial charge in [-0.15, -0.1) is 0 Å². The maximum atomic E-state index is 12.8. The van der Waals surface area contributed by atoms with Crippen molar-refractivity contribution in [1.29, 1.82) is 0 Å². The molecule has 0 aliphatic carbocycles. The summed E-state index contributed by atoms with van der Waals surface area (Å²) in [7, 11) is 0. The minimum absolute atomic E-state index is 0.0260. The third-order valence-electron chi connectivity index (χ3n) is 6.04. The van der Waals surface area contributed by atoms with Crippen molar-refractivity contribution in [2.45, 2.75) is 46.2 Å². The number of fused-ring (bicyclic) bond motifs is 1. The molecule has 0 saturated carbocycles. The topological polar surface area (TPSA) is 32.3 Å². The van der Waals surface area contributed by atoms with Crippen molar-refractivity contribution in [2.75, 3.05) is 11.4 Å². The molecule has 3 aromatic rings. The average molecular weight is 399 g/mol. The fourth-order valence-electron chi connectivity index (χ4n) is 4.34. The fourth-order valence-corrected chi connectivity index (χ4v) is 4.34. The maximum Gasteiger partial charge on any atom is 0.251 e. The summed E-state index contributed by atoms with van der Waals surface area (Å²) in [6.45, 7) is 8.16. The van der Waals surface area contributed by atoms with Gasteiger partial charge in [0.25, 0.3) is 5.91 Å². The lowest BCUT2D eigenvalue weighted by molar-refractivity contribution is 0.0940. The zero-order valence-electron chi connectivity index (χ0n) is 18.1. The van der Waals surface area contributed by atoms with Crippen LogP contribution in [-0.2, 0) is 13.0 Å². The lowest BCUT2D eigenvalue weighted by atomic mass is 9.99. The van der Waals surface area contributed by atoms with E-state index >= 15 is 0 Å². The summed E-state index contributed by atoms with van der Waals surface area (Å²) in [5.41, 5.74) is 8.28. The molecule has 0 fully saturated rings. The quantitative estimate of drug-likeness (QED) is 0.594. The molecule has 1 amide bonds. The largest absolute Gasteiger partial charge is 0.367 e. The summed E-state index contributed by atoms with van der Waals surface area (Å²) in [6.07, 6.45) is 2.35. The molecular weight excluding hydrogens is 368 g/mol. The highest BCUT2D eigenvalue weighted by Gasteiger charge is 2.17. The van der Waals surface area contributed by atoms with E-state index in [1.54, 1.807) is 0 Å². The number of rotatable bonds is 5. The first kappa shape index (κ1) is 20.2. The Labute approximate surface area is 179 Å². The number of anilines is 1. The molecule has 1 aliphatic rings. The monoisotopic (exact) mass is 398 g/mol.